The van der Waals surface area contributed by atoms with Gasteiger partial charge in [0, 0.05) is 25.0 Å². The van der Waals surface area contributed by atoms with Crippen molar-refractivity contribution in [1.82, 2.24) is 20.1 Å². The first-order valence-electron chi connectivity index (χ1n) is 7.07. The van der Waals surface area contributed by atoms with Crippen LogP contribution in [0.4, 0.5) is 0 Å². The van der Waals surface area contributed by atoms with Gasteiger partial charge in [-0.05, 0) is 36.7 Å². The molecular formula is C16H16N4O2S. The molecule has 0 amide bonds. The van der Waals surface area contributed by atoms with Crippen molar-refractivity contribution in [2.24, 2.45) is 0 Å². The van der Waals surface area contributed by atoms with Crippen molar-refractivity contribution in [3.8, 4) is 10.6 Å². The van der Waals surface area contributed by atoms with Crippen LogP contribution in [-0.2, 0) is 13.1 Å². The summed E-state index contributed by atoms with van der Waals surface area (Å²) in [6.45, 7) is 1.09. The van der Waals surface area contributed by atoms with Crippen LogP contribution in [-0.4, -0.2) is 38.2 Å². The minimum atomic E-state index is -0.956. The number of carboxylic acids is 1. The van der Waals surface area contributed by atoms with Gasteiger partial charge in [-0.15, -0.1) is 11.3 Å². The first-order valence-corrected chi connectivity index (χ1v) is 7.95. The van der Waals surface area contributed by atoms with Crippen molar-refractivity contribution in [2.75, 3.05) is 7.05 Å². The standard InChI is InChI=1S/C16H16N4O2S/c1-20(10-14-12(16(21)22)4-2-6-17-14)9-11-8-13(19-18-11)15-5-3-7-23-15/h2-8H,9-10H2,1H3,(H,18,19)(H,21,22). The van der Waals surface area contributed by atoms with Crippen molar-refractivity contribution in [1.29, 1.82) is 0 Å². The zero-order valence-corrected chi connectivity index (χ0v) is 13.4. The third-order valence-corrected chi connectivity index (χ3v) is 4.28. The summed E-state index contributed by atoms with van der Waals surface area (Å²) in [4.78, 5) is 18.5. The van der Waals surface area contributed by atoms with Gasteiger partial charge in [-0.2, -0.15) is 5.10 Å². The van der Waals surface area contributed by atoms with Gasteiger partial charge in [-0.3, -0.25) is 15.0 Å². The fourth-order valence-electron chi connectivity index (χ4n) is 2.35. The van der Waals surface area contributed by atoms with Gasteiger partial charge < -0.3 is 5.11 Å². The van der Waals surface area contributed by atoms with Gasteiger partial charge in [-0.1, -0.05) is 6.07 Å². The highest BCUT2D eigenvalue weighted by molar-refractivity contribution is 7.13. The van der Waals surface area contributed by atoms with Crippen LogP contribution < -0.4 is 0 Å². The highest BCUT2D eigenvalue weighted by Crippen LogP contribution is 2.23. The lowest BCUT2D eigenvalue weighted by atomic mass is 10.2. The van der Waals surface area contributed by atoms with Gasteiger partial charge in [0.2, 0.25) is 0 Å². The quantitative estimate of drug-likeness (QED) is 0.727. The highest BCUT2D eigenvalue weighted by atomic mass is 32.1. The molecule has 6 nitrogen and oxygen atoms in total. The van der Waals surface area contributed by atoms with Crippen LogP contribution in [0.25, 0.3) is 10.6 Å². The molecule has 0 aromatic carbocycles. The zero-order chi connectivity index (χ0) is 16.2. The lowest BCUT2D eigenvalue weighted by Gasteiger charge is -2.16. The van der Waals surface area contributed by atoms with Gasteiger partial charge in [-0.25, -0.2) is 4.79 Å². The molecule has 2 N–H and O–H groups in total. The highest BCUT2D eigenvalue weighted by Gasteiger charge is 2.13. The van der Waals surface area contributed by atoms with Gasteiger partial charge >= 0.3 is 5.97 Å². The Labute approximate surface area is 137 Å². The average Bonchev–Trinajstić information content (AvgIpc) is 3.18. The second-order valence-electron chi connectivity index (χ2n) is 5.23. The van der Waals surface area contributed by atoms with Crippen LogP contribution in [0.2, 0.25) is 0 Å². The molecule has 0 aliphatic carbocycles. The van der Waals surface area contributed by atoms with Crippen molar-refractivity contribution in [3.05, 3.63) is 58.9 Å². The van der Waals surface area contributed by atoms with E-state index in [1.165, 1.54) is 0 Å². The van der Waals surface area contributed by atoms with Gasteiger partial charge in [0.25, 0.3) is 0 Å². The van der Waals surface area contributed by atoms with Crippen LogP contribution in [0.3, 0.4) is 0 Å². The van der Waals surface area contributed by atoms with E-state index in [1.807, 2.05) is 35.5 Å². The van der Waals surface area contributed by atoms with Crippen LogP contribution in [0, 0.1) is 0 Å². The number of H-pyrrole nitrogens is 1. The molecule has 0 radical (unpaired) electrons. The van der Waals surface area contributed by atoms with Gasteiger partial charge in [0.1, 0.15) is 5.69 Å². The van der Waals surface area contributed by atoms with Crippen molar-refractivity contribution >= 4 is 17.3 Å². The topological polar surface area (TPSA) is 82.1 Å². The fraction of sp³-hybridized carbons (Fsp3) is 0.188. The largest absolute Gasteiger partial charge is 0.478 e. The number of nitrogens with one attached hydrogen (secondary N) is 1. The molecule has 0 saturated carbocycles. The lowest BCUT2D eigenvalue weighted by Crippen LogP contribution is -2.20. The number of aromatic carboxylic acids is 1. The molecular weight excluding hydrogens is 312 g/mol. The molecule has 118 valence electrons. The number of hydrogen-bond donors (Lipinski definition) is 2. The normalized spacial score (nSPS) is 11.0. The fourth-order valence-corrected chi connectivity index (χ4v) is 3.04. The molecule has 0 aliphatic heterocycles. The third-order valence-electron chi connectivity index (χ3n) is 3.39. The maximum atomic E-state index is 11.2. The summed E-state index contributed by atoms with van der Waals surface area (Å²) in [6, 6.07) is 9.24. The number of rotatable bonds is 6. The molecule has 0 atom stereocenters. The van der Waals surface area contributed by atoms with Gasteiger partial charge in [0.15, 0.2) is 0 Å². The molecule has 0 bridgehead atoms. The van der Waals surface area contributed by atoms with E-state index in [2.05, 4.69) is 15.2 Å². The first kappa shape index (κ1) is 15.4. The second kappa shape index (κ2) is 6.72. The summed E-state index contributed by atoms with van der Waals surface area (Å²) in [5.74, 6) is -0.956. The molecule has 0 fully saturated rings. The van der Waals surface area contributed by atoms with Crippen LogP contribution >= 0.6 is 11.3 Å². The number of aromatic amines is 1. The lowest BCUT2D eigenvalue weighted by molar-refractivity contribution is 0.0694. The minimum Gasteiger partial charge on any atom is -0.478 e. The van der Waals surface area contributed by atoms with E-state index < -0.39 is 5.97 Å². The maximum absolute atomic E-state index is 11.2. The first-order chi connectivity index (χ1) is 11.1. The smallest absolute Gasteiger partial charge is 0.337 e. The number of thiophene rings is 1. The molecule has 3 rings (SSSR count). The summed E-state index contributed by atoms with van der Waals surface area (Å²) < 4.78 is 0. The Morgan fingerprint density at radius 1 is 1.35 bits per heavy atom. The Morgan fingerprint density at radius 2 is 2.22 bits per heavy atom. The van der Waals surface area contributed by atoms with Crippen LogP contribution in [0.5, 0.6) is 0 Å². The Kier molecular flexibility index (Phi) is 4.50. The third kappa shape index (κ3) is 3.64. The number of hydrogen-bond acceptors (Lipinski definition) is 5. The monoisotopic (exact) mass is 328 g/mol. The van der Waals surface area contributed by atoms with E-state index in [1.54, 1.807) is 29.7 Å². The van der Waals surface area contributed by atoms with E-state index in [-0.39, 0.29) is 5.56 Å². The minimum absolute atomic E-state index is 0.239. The molecule has 0 saturated heterocycles. The molecule has 3 aromatic rings. The van der Waals surface area contributed by atoms with E-state index >= 15 is 0 Å². The molecule has 0 spiro atoms. The number of pyridine rings is 1. The predicted octanol–water partition coefficient (Wildman–Crippen LogP) is 2.86. The Balaban J connectivity index is 1.68. The zero-order valence-electron chi connectivity index (χ0n) is 12.6. The Hall–Kier alpha value is -2.51. The van der Waals surface area contributed by atoms with Crippen molar-refractivity contribution in [3.63, 3.8) is 0 Å². The molecule has 23 heavy (non-hydrogen) atoms. The summed E-state index contributed by atoms with van der Waals surface area (Å²) in [5, 5.41) is 18.6. The number of carboxylic acid groups (broad SMARTS) is 1. The molecule has 0 aliphatic rings. The summed E-state index contributed by atoms with van der Waals surface area (Å²) in [6.07, 6.45) is 1.61. The Bertz CT molecular complexity index is 798. The number of nitrogens with zero attached hydrogens (tertiary/aromatic N) is 3. The summed E-state index contributed by atoms with van der Waals surface area (Å²) >= 11 is 1.64. The predicted molar refractivity (Wildman–Crippen MR) is 88.3 cm³/mol. The van der Waals surface area contributed by atoms with Crippen molar-refractivity contribution < 1.29 is 9.90 Å². The molecule has 0 unspecified atom stereocenters. The van der Waals surface area contributed by atoms with Crippen molar-refractivity contribution in [2.45, 2.75) is 13.1 Å². The number of carbonyl (C=O) groups is 1. The van der Waals surface area contributed by atoms with E-state index in [9.17, 15) is 9.90 Å². The van der Waals surface area contributed by atoms with Crippen LogP contribution in [0.15, 0.2) is 41.9 Å². The Morgan fingerprint density at radius 3 is 2.96 bits per heavy atom. The molecule has 3 aromatic heterocycles. The molecule has 7 heteroatoms. The average molecular weight is 328 g/mol. The SMILES string of the molecule is CN(Cc1cc(-c2cccs2)n[nH]1)Cc1ncccc1C(=O)O. The number of aromatic nitrogens is 3. The van der Waals surface area contributed by atoms with E-state index in [0.717, 1.165) is 16.3 Å². The molecule has 3 heterocycles. The summed E-state index contributed by atoms with van der Waals surface area (Å²) in [5.41, 5.74) is 2.69. The van der Waals surface area contributed by atoms with E-state index in [0.29, 0.717) is 18.8 Å². The van der Waals surface area contributed by atoms with Gasteiger partial charge in [0.05, 0.1) is 16.1 Å². The second-order valence-corrected chi connectivity index (χ2v) is 6.18. The summed E-state index contributed by atoms with van der Waals surface area (Å²) in [7, 11) is 1.92. The van der Waals surface area contributed by atoms with E-state index in [4.69, 9.17) is 0 Å². The maximum Gasteiger partial charge on any atom is 0.337 e. The van der Waals surface area contributed by atoms with Crippen LogP contribution in [0.1, 0.15) is 21.7 Å².